The number of guanidine groups is 1. The summed E-state index contributed by atoms with van der Waals surface area (Å²) < 4.78 is 11.1. The van der Waals surface area contributed by atoms with Crippen molar-refractivity contribution in [2.24, 2.45) is 4.99 Å². The quantitative estimate of drug-likeness (QED) is 0.442. The molecule has 6 heteroatoms. The van der Waals surface area contributed by atoms with Crippen molar-refractivity contribution in [2.45, 2.75) is 38.3 Å². The molecular formula is C20H32N4O2. The standard InChI is InChI=1S/C20H32N4O2/c1-21-20(22-9-4-11-26-18-8-12-25-15-18)23-14-16-6-7-19-17(13-16)5-3-10-24(19)2/h6-7,13,18H,3-5,8-12,14-15H2,1-2H3,(H2,21,22,23). The number of hydrogen-bond acceptors (Lipinski definition) is 4. The Labute approximate surface area is 157 Å². The number of anilines is 1. The van der Waals surface area contributed by atoms with Gasteiger partial charge >= 0.3 is 0 Å². The molecule has 0 saturated carbocycles. The molecule has 1 fully saturated rings. The minimum absolute atomic E-state index is 0.287. The number of hydrogen-bond donors (Lipinski definition) is 2. The topological polar surface area (TPSA) is 58.1 Å². The van der Waals surface area contributed by atoms with Crippen LogP contribution in [0.1, 0.15) is 30.4 Å². The molecule has 1 aromatic carbocycles. The van der Waals surface area contributed by atoms with Crippen molar-refractivity contribution in [3.8, 4) is 0 Å². The first-order chi connectivity index (χ1) is 12.8. The molecule has 1 atom stereocenters. The van der Waals surface area contributed by atoms with Crippen molar-refractivity contribution in [3.05, 3.63) is 29.3 Å². The van der Waals surface area contributed by atoms with Gasteiger partial charge in [0.15, 0.2) is 5.96 Å². The Morgan fingerprint density at radius 2 is 2.31 bits per heavy atom. The van der Waals surface area contributed by atoms with Gasteiger partial charge in [-0.2, -0.15) is 0 Å². The highest BCUT2D eigenvalue weighted by Crippen LogP contribution is 2.26. The van der Waals surface area contributed by atoms with E-state index in [1.807, 2.05) is 7.05 Å². The molecule has 0 bridgehead atoms. The molecule has 0 radical (unpaired) electrons. The normalized spacial score (nSPS) is 20.2. The minimum atomic E-state index is 0.287. The molecule has 1 saturated heterocycles. The molecule has 0 aliphatic carbocycles. The van der Waals surface area contributed by atoms with Crippen LogP contribution in [0.5, 0.6) is 0 Å². The molecule has 1 unspecified atom stereocenters. The number of fused-ring (bicyclic) bond motifs is 1. The third-order valence-corrected chi connectivity index (χ3v) is 5.03. The Morgan fingerprint density at radius 1 is 1.38 bits per heavy atom. The summed E-state index contributed by atoms with van der Waals surface area (Å²) in [7, 11) is 3.98. The molecule has 2 N–H and O–H groups in total. The number of ether oxygens (including phenoxy) is 2. The number of nitrogens with one attached hydrogen (secondary N) is 2. The fraction of sp³-hybridized carbons (Fsp3) is 0.650. The summed E-state index contributed by atoms with van der Waals surface area (Å²) >= 11 is 0. The van der Waals surface area contributed by atoms with Crippen LogP contribution in [0.3, 0.4) is 0 Å². The summed E-state index contributed by atoms with van der Waals surface area (Å²) in [6.07, 6.45) is 4.68. The molecule has 0 amide bonds. The third kappa shape index (κ3) is 5.35. The molecule has 26 heavy (non-hydrogen) atoms. The van der Waals surface area contributed by atoms with Gasteiger partial charge < -0.3 is 25.0 Å². The maximum atomic E-state index is 5.78. The zero-order valence-corrected chi connectivity index (χ0v) is 16.1. The van der Waals surface area contributed by atoms with E-state index in [1.54, 1.807) is 0 Å². The van der Waals surface area contributed by atoms with Crippen LogP contribution in [0.15, 0.2) is 23.2 Å². The van der Waals surface area contributed by atoms with Crippen LogP contribution >= 0.6 is 0 Å². The zero-order chi connectivity index (χ0) is 18.2. The molecule has 0 aromatic heterocycles. The maximum Gasteiger partial charge on any atom is 0.191 e. The lowest BCUT2D eigenvalue weighted by atomic mass is 9.99. The number of rotatable bonds is 7. The first-order valence-corrected chi connectivity index (χ1v) is 9.73. The van der Waals surface area contributed by atoms with E-state index in [0.717, 1.165) is 58.3 Å². The maximum absolute atomic E-state index is 5.78. The van der Waals surface area contributed by atoms with Crippen molar-refractivity contribution in [1.82, 2.24) is 10.6 Å². The number of nitrogens with zero attached hydrogens (tertiary/aromatic N) is 2. The van der Waals surface area contributed by atoms with Gasteiger partial charge in [-0.15, -0.1) is 0 Å². The van der Waals surface area contributed by atoms with Crippen LogP contribution in [0.2, 0.25) is 0 Å². The fourth-order valence-corrected chi connectivity index (χ4v) is 3.53. The molecular weight excluding hydrogens is 328 g/mol. The Kier molecular flexibility index (Phi) is 7.14. The highest BCUT2D eigenvalue weighted by atomic mass is 16.5. The number of aliphatic imine (C=N–C) groups is 1. The van der Waals surface area contributed by atoms with Crippen molar-refractivity contribution >= 4 is 11.6 Å². The van der Waals surface area contributed by atoms with E-state index < -0.39 is 0 Å². The first-order valence-electron chi connectivity index (χ1n) is 9.73. The molecule has 2 aliphatic heterocycles. The molecule has 2 aliphatic rings. The van der Waals surface area contributed by atoms with Gasteiger partial charge in [-0.25, -0.2) is 0 Å². The van der Waals surface area contributed by atoms with Crippen molar-refractivity contribution in [3.63, 3.8) is 0 Å². The Balaban J connectivity index is 1.37. The SMILES string of the molecule is CN=C(NCCCOC1CCOC1)NCc1ccc2c(c1)CCCN2C. The second kappa shape index (κ2) is 9.78. The van der Waals surface area contributed by atoms with E-state index in [2.05, 4.69) is 45.8 Å². The van der Waals surface area contributed by atoms with Gasteiger partial charge in [-0.05, 0) is 42.9 Å². The van der Waals surface area contributed by atoms with Gasteiger partial charge in [0.05, 0.1) is 12.7 Å². The predicted octanol–water partition coefficient (Wildman–Crippen LogP) is 1.93. The van der Waals surface area contributed by atoms with E-state index in [9.17, 15) is 0 Å². The van der Waals surface area contributed by atoms with Gasteiger partial charge in [-0.1, -0.05) is 12.1 Å². The van der Waals surface area contributed by atoms with Crippen molar-refractivity contribution in [1.29, 1.82) is 0 Å². The molecule has 2 heterocycles. The summed E-state index contributed by atoms with van der Waals surface area (Å²) in [5, 5.41) is 6.75. The lowest BCUT2D eigenvalue weighted by molar-refractivity contribution is 0.0420. The largest absolute Gasteiger partial charge is 0.379 e. The molecule has 0 spiro atoms. The summed E-state index contributed by atoms with van der Waals surface area (Å²) in [5.74, 6) is 0.837. The monoisotopic (exact) mass is 360 g/mol. The Bertz CT molecular complexity index is 599. The van der Waals surface area contributed by atoms with E-state index in [4.69, 9.17) is 9.47 Å². The molecule has 3 rings (SSSR count). The molecule has 144 valence electrons. The van der Waals surface area contributed by atoms with E-state index in [0.29, 0.717) is 0 Å². The van der Waals surface area contributed by atoms with E-state index >= 15 is 0 Å². The predicted molar refractivity (Wildman–Crippen MR) is 106 cm³/mol. The van der Waals surface area contributed by atoms with Crippen LogP contribution in [0, 0.1) is 0 Å². The van der Waals surface area contributed by atoms with Gasteiger partial charge in [0.25, 0.3) is 0 Å². The summed E-state index contributed by atoms with van der Waals surface area (Å²) in [4.78, 5) is 6.65. The second-order valence-electron chi connectivity index (χ2n) is 7.05. The Morgan fingerprint density at radius 3 is 3.12 bits per heavy atom. The third-order valence-electron chi connectivity index (χ3n) is 5.03. The lowest BCUT2D eigenvalue weighted by Crippen LogP contribution is -2.37. The number of benzene rings is 1. The average Bonchev–Trinajstić information content (AvgIpc) is 3.17. The van der Waals surface area contributed by atoms with Crippen LogP contribution in [-0.2, 0) is 22.4 Å². The van der Waals surface area contributed by atoms with Crippen LogP contribution in [-0.4, -0.2) is 59.1 Å². The van der Waals surface area contributed by atoms with E-state index in [1.165, 1.54) is 29.7 Å². The summed E-state index contributed by atoms with van der Waals surface area (Å²) in [5.41, 5.74) is 4.12. The Hall–Kier alpha value is -1.79. The highest BCUT2D eigenvalue weighted by molar-refractivity contribution is 5.79. The molecule has 1 aromatic rings. The second-order valence-corrected chi connectivity index (χ2v) is 7.05. The van der Waals surface area contributed by atoms with Gasteiger partial charge in [0, 0.05) is 52.6 Å². The van der Waals surface area contributed by atoms with Gasteiger partial charge in [0.1, 0.15) is 0 Å². The minimum Gasteiger partial charge on any atom is -0.379 e. The van der Waals surface area contributed by atoms with Crippen molar-refractivity contribution < 1.29 is 9.47 Å². The summed E-state index contributed by atoms with van der Waals surface area (Å²) in [6.45, 7) is 5.12. The van der Waals surface area contributed by atoms with Gasteiger partial charge in [-0.3, -0.25) is 4.99 Å². The molecule has 6 nitrogen and oxygen atoms in total. The smallest absolute Gasteiger partial charge is 0.191 e. The average molecular weight is 361 g/mol. The lowest BCUT2D eigenvalue weighted by Gasteiger charge is -2.28. The van der Waals surface area contributed by atoms with Gasteiger partial charge in [0.2, 0.25) is 0 Å². The van der Waals surface area contributed by atoms with Crippen LogP contribution < -0.4 is 15.5 Å². The van der Waals surface area contributed by atoms with E-state index in [-0.39, 0.29) is 6.10 Å². The summed E-state index contributed by atoms with van der Waals surface area (Å²) in [6, 6.07) is 6.77. The van der Waals surface area contributed by atoms with Crippen LogP contribution in [0.4, 0.5) is 5.69 Å². The first kappa shape index (κ1) is 19.0. The van der Waals surface area contributed by atoms with Crippen LogP contribution in [0.25, 0.3) is 0 Å². The fourth-order valence-electron chi connectivity index (χ4n) is 3.53. The van der Waals surface area contributed by atoms with Crippen molar-refractivity contribution in [2.75, 3.05) is 51.9 Å². The number of aryl methyl sites for hydroxylation is 1. The zero-order valence-electron chi connectivity index (χ0n) is 16.1. The highest BCUT2D eigenvalue weighted by Gasteiger charge is 2.15.